The van der Waals surface area contributed by atoms with Gasteiger partial charge < -0.3 is 49.6 Å². The Hall–Kier alpha value is -4.59. The lowest BCUT2D eigenvalue weighted by Crippen LogP contribution is -2.55. The minimum atomic E-state index is -2.25. The summed E-state index contributed by atoms with van der Waals surface area (Å²) < 4.78 is 21.3. The Kier molecular flexibility index (Phi) is 7.76. The SMILES string of the molecule is O=C(/C=C/c1ccc(O)c(O)c1)OCC1OC2(C(=O)O)CC(OC(=O)/C=C/c3ccc(O)c(O)c3)C(O)C1O2. The number of aliphatic hydroxyl groups is 1. The molecule has 2 aliphatic rings. The van der Waals surface area contributed by atoms with Crippen molar-refractivity contribution in [1.82, 2.24) is 0 Å². The smallest absolute Gasteiger partial charge is 0.364 e. The van der Waals surface area contributed by atoms with E-state index in [9.17, 15) is 45.0 Å². The molecule has 2 aromatic carbocycles. The summed E-state index contributed by atoms with van der Waals surface area (Å²) in [6, 6.07) is 7.72. The molecule has 2 bridgehead atoms. The van der Waals surface area contributed by atoms with Gasteiger partial charge in [0.2, 0.25) is 0 Å². The van der Waals surface area contributed by atoms with Gasteiger partial charge in [-0.15, -0.1) is 0 Å². The van der Waals surface area contributed by atoms with Gasteiger partial charge >= 0.3 is 17.9 Å². The van der Waals surface area contributed by atoms with Crippen molar-refractivity contribution in [1.29, 1.82) is 0 Å². The second-order valence-corrected chi connectivity index (χ2v) is 8.76. The number of hydrogen-bond donors (Lipinski definition) is 6. The Morgan fingerprint density at radius 1 is 0.872 bits per heavy atom. The number of phenols is 4. The summed E-state index contributed by atoms with van der Waals surface area (Å²) in [6.45, 7) is -0.494. The fourth-order valence-electron chi connectivity index (χ4n) is 4.06. The van der Waals surface area contributed by atoms with Crippen molar-refractivity contribution in [2.45, 2.75) is 36.6 Å². The van der Waals surface area contributed by atoms with E-state index in [0.717, 1.165) is 12.2 Å². The zero-order valence-electron chi connectivity index (χ0n) is 20.0. The number of hydrogen-bond acceptors (Lipinski definition) is 12. The molecule has 0 aromatic heterocycles. The number of aliphatic carboxylic acids is 1. The molecule has 6 N–H and O–H groups in total. The molecule has 0 radical (unpaired) electrons. The second kappa shape index (κ2) is 11.0. The fourth-order valence-corrected chi connectivity index (χ4v) is 4.06. The van der Waals surface area contributed by atoms with Crippen molar-refractivity contribution < 1.29 is 64.0 Å². The van der Waals surface area contributed by atoms with Gasteiger partial charge in [-0.25, -0.2) is 14.4 Å². The van der Waals surface area contributed by atoms with E-state index in [0.29, 0.717) is 11.1 Å². The quantitative estimate of drug-likeness (QED) is 0.156. The second-order valence-electron chi connectivity index (χ2n) is 8.76. The van der Waals surface area contributed by atoms with Crippen molar-refractivity contribution in [3.63, 3.8) is 0 Å². The molecular formula is C26H24O13. The van der Waals surface area contributed by atoms with Crippen LogP contribution in [0.1, 0.15) is 17.5 Å². The van der Waals surface area contributed by atoms with Crippen molar-refractivity contribution in [2.75, 3.05) is 6.61 Å². The van der Waals surface area contributed by atoms with Crippen LogP contribution in [0.2, 0.25) is 0 Å². The molecule has 0 saturated carbocycles. The summed E-state index contributed by atoms with van der Waals surface area (Å²) in [5, 5.41) is 58.2. The van der Waals surface area contributed by atoms with Crippen LogP contribution < -0.4 is 0 Å². The Balaban J connectivity index is 1.38. The summed E-state index contributed by atoms with van der Waals surface area (Å²) in [5.74, 6) is -7.01. The summed E-state index contributed by atoms with van der Waals surface area (Å²) in [6.07, 6.45) is -1.31. The van der Waals surface area contributed by atoms with Crippen LogP contribution in [0, 0.1) is 0 Å². The van der Waals surface area contributed by atoms with Crippen LogP contribution >= 0.6 is 0 Å². The van der Waals surface area contributed by atoms with Crippen LogP contribution in [0.25, 0.3) is 12.2 Å². The number of esters is 2. The standard InChI is InChI=1S/C26H24O13/c27-15-5-1-13(9-17(15)29)3-7-21(31)36-12-20-24-23(33)19(11-26(38-20,39-24)25(34)35)37-22(32)8-4-14-2-6-16(28)18(30)10-14/h1-10,19-20,23-24,27-30,33H,11-12H2,(H,34,35)/b7-3+,8-4+. The summed E-state index contributed by atoms with van der Waals surface area (Å²) in [4.78, 5) is 36.4. The third-order valence-electron chi connectivity index (χ3n) is 6.03. The third-order valence-corrected chi connectivity index (χ3v) is 6.03. The molecule has 5 atom stereocenters. The molecule has 206 valence electrons. The lowest BCUT2D eigenvalue weighted by molar-refractivity contribution is -0.247. The van der Waals surface area contributed by atoms with E-state index in [2.05, 4.69) is 0 Å². The maximum absolute atomic E-state index is 12.3. The first-order valence-electron chi connectivity index (χ1n) is 11.5. The number of phenolic OH excluding ortho intramolecular Hbond substituents is 4. The van der Waals surface area contributed by atoms with Gasteiger partial charge in [0.05, 0.1) is 6.42 Å². The first-order chi connectivity index (χ1) is 18.5. The van der Waals surface area contributed by atoms with E-state index in [1.165, 1.54) is 48.6 Å². The topological polar surface area (TPSA) is 210 Å². The van der Waals surface area contributed by atoms with Crippen molar-refractivity contribution in [3.05, 3.63) is 59.7 Å². The van der Waals surface area contributed by atoms with Gasteiger partial charge in [-0.2, -0.15) is 0 Å². The van der Waals surface area contributed by atoms with Crippen molar-refractivity contribution in [3.8, 4) is 23.0 Å². The average molecular weight is 544 g/mol. The number of rotatable bonds is 8. The number of carbonyl (C=O) groups excluding carboxylic acids is 2. The molecule has 2 fully saturated rings. The molecule has 0 amide bonds. The van der Waals surface area contributed by atoms with E-state index in [1.54, 1.807) is 0 Å². The number of aliphatic hydroxyl groups excluding tert-OH is 1. The highest BCUT2D eigenvalue weighted by atomic mass is 16.8. The highest BCUT2D eigenvalue weighted by molar-refractivity contribution is 5.88. The lowest BCUT2D eigenvalue weighted by Gasteiger charge is -2.35. The highest BCUT2D eigenvalue weighted by Crippen LogP contribution is 2.42. The van der Waals surface area contributed by atoms with Gasteiger partial charge in [-0.1, -0.05) is 12.1 Å². The maximum Gasteiger partial charge on any atom is 0.364 e. The minimum Gasteiger partial charge on any atom is -0.504 e. The first-order valence-corrected chi connectivity index (χ1v) is 11.5. The number of aromatic hydroxyl groups is 4. The molecule has 0 aliphatic carbocycles. The zero-order valence-corrected chi connectivity index (χ0v) is 20.0. The normalized spacial score (nSPS) is 26.1. The number of carboxylic acid groups (broad SMARTS) is 1. The van der Waals surface area contributed by atoms with Crippen LogP contribution in [0.3, 0.4) is 0 Å². The van der Waals surface area contributed by atoms with Crippen LogP contribution in [0.5, 0.6) is 23.0 Å². The molecule has 5 unspecified atom stereocenters. The molecule has 4 rings (SSSR count). The summed E-state index contributed by atoms with van der Waals surface area (Å²) in [5.41, 5.74) is 0.748. The maximum atomic E-state index is 12.3. The molecule has 0 spiro atoms. The van der Waals surface area contributed by atoms with Gasteiger partial charge in [0, 0.05) is 12.2 Å². The molecule has 13 heteroatoms. The number of benzene rings is 2. The summed E-state index contributed by atoms with van der Waals surface area (Å²) in [7, 11) is 0. The first kappa shape index (κ1) is 27.4. The fraction of sp³-hybridized carbons (Fsp3) is 0.269. The molecule has 2 saturated heterocycles. The Labute approximate surface area is 220 Å². The zero-order chi connectivity index (χ0) is 28.3. The summed E-state index contributed by atoms with van der Waals surface area (Å²) >= 11 is 0. The monoisotopic (exact) mass is 544 g/mol. The van der Waals surface area contributed by atoms with Crippen LogP contribution in [0.4, 0.5) is 0 Å². The molecule has 39 heavy (non-hydrogen) atoms. The van der Waals surface area contributed by atoms with Gasteiger partial charge in [0.15, 0.2) is 23.0 Å². The lowest BCUT2D eigenvalue weighted by atomic mass is 9.95. The largest absolute Gasteiger partial charge is 0.504 e. The highest BCUT2D eigenvalue weighted by Gasteiger charge is 2.63. The number of fused-ring (bicyclic) bond motifs is 2. The number of ether oxygens (including phenoxy) is 4. The van der Waals surface area contributed by atoms with E-state index in [4.69, 9.17) is 18.9 Å². The van der Waals surface area contributed by atoms with Gasteiger partial charge in [-0.3, -0.25) is 0 Å². The predicted octanol–water partition coefficient (Wildman–Crippen LogP) is 1.02. The molecular weight excluding hydrogens is 520 g/mol. The Morgan fingerprint density at radius 2 is 1.44 bits per heavy atom. The molecule has 2 aromatic rings. The van der Waals surface area contributed by atoms with Crippen LogP contribution in [-0.4, -0.2) is 85.4 Å². The van der Waals surface area contributed by atoms with Gasteiger partial charge in [0.25, 0.3) is 5.79 Å². The number of carbonyl (C=O) groups is 3. The van der Waals surface area contributed by atoms with Gasteiger partial charge in [-0.05, 0) is 47.5 Å². The molecule has 2 heterocycles. The Morgan fingerprint density at radius 3 is 1.97 bits per heavy atom. The Bertz CT molecular complexity index is 1330. The van der Waals surface area contributed by atoms with E-state index < -0.39 is 66.9 Å². The third kappa shape index (κ3) is 6.12. The van der Waals surface area contributed by atoms with Crippen molar-refractivity contribution >= 4 is 30.1 Å². The average Bonchev–Trinajstić information content (AvgIpc) is 3.22. The van der Waals surface area contributed by atoms with Crippen molar-refractivity contribution in [2.24, 2.45) is 0 Å². The van der Waals surface area contributed by atoms with E-state index >= 15 is 0 Å². The van der Waals surface area contributed by atoms with E-state index in [1.807, 2.05) is 0 Å². The molecule has 13 nitrogen and oxygen atoms in total. The van der Waals surface area contributed by atoms with E-state index in [-0.39, 0.29) is 17.2 Å². The van der Waals surface area contributed by atoms with Crippen LogP contribution in [0.15, 0.2) is 48.6 Å². The van der Waals surface area contributed by atoms with Crippen LogP contribution in [-0.2, 0) is 33.3 Å². The number of carboxylic acids is 1. The molecule has 2 aliphatic heterocycles. The predicted molar refractivity (Wildman–Crippen MR) is 129 cm³/mol. The minimum absolute atomic E-state index is 0.331. The van der Waals surface area contributed by atoms with Gasteiger partial charge in [0.1, 0.15) is 31.0 Å².